The van der Waals surface area contributed by atoms with Crippen molar-refractivity contribution in [2.45, 2.75) is 62.4 Å². The molecule has 5 rings (SSSR count). The predicted molar refractivity (Wildman–Crippen MR) is 160 cm³/mol. The predicted octanol–water partition coefficient (Wildman–Crippen LogP) is 5.92. The van der Waals surface area contributed by atoms with Crippen LogP contribution in [-0.4, -0.2) is 36.6 Å². The smallest absolute Gasteiger partial charge is 0.261 e. The van der Waals surface area contributed by atoms with Crippen LogP contribution >= 0.6 is 0 Å². The molecular weight excluding hydrogens is 536 g/mol. The van der Waals surface area contributed by atoms with Gasteiger partial charge >= 0.3 is 0 Å². The number of nitrogens with zero attached hydrogens (tertiary/aromatic N) is 2. The SMILES string of the molecule is O=S(=O)(Nc1ccc(CCNCC(O)c2cccnc2)cc1)c1ccc(-c2coc(CCCC3CCCC3)n2)cc1. The molecule has 1 unspecified atom stereocenters. The number of sulfonamides is 1. The number of hydrogen-bond donors (Lipinski definition) is 3. The molecule has 2 aromatic carbocycles. The maximum atomic E-state index is 13.0. The summed E-state index contributed by atoms with van der Waals surface area (Å²) < 4.78 is 34.3. The minimum absolute atomic E-state index is 0.182. The molecular formula is C32H38N4O4S. The number of nitrogens with one attached hydrogen (secondary N) is 2. The highest BCUT2D eigenvalue weighted by Crippen LogP contribution is 2.29. The molecule has 0 aliphatic heterocycles. The third kappa shape index (κ3) is 8.25. The van der Waals surface area contributed by atoms with Crippen molar-refractivity contribution in [3.05, 3.63) is 96.3 Å². The van der Waals surface area contributed by atoms with E-state index in [0.717, 1.165) is 53.5 Å². The molecule has 0 bridgehead atoms. The second-order valence-corrected chi connectivity index (χ2v) is 12.4. The zero-order valence-corrected chi connectivity index (χ0v) is 24.0. The van der Waals surface area contributed by atoms with Crippen LogP contribution < -0.4 is 10.0 Å². The normalized spacial score (nSPS) is 14.8. The fraction of sp³-hybridized carbons (Fsp3) is 0.375. The first-order valence-electron chi connectivity index (χ1n) is 14.4. The van der Waals surface area contributed by atoms with Gasteiger partial charge in [0.2, 0.25) is 0 Å². The molecule has 8 nitrogen and oxygen atoms in total. The Kier molecular flexibility index (Phi) is 9.82. The van der Waals surface area contributed by atoms with Gasteiger partial charge in [-0.2, -0.15) is 0 Å². The van der Waals surface area contributed by atoms with Crippen LogP contribution in [0, 0.1) is 5.92 Å². The number of rotatable bonds is 14. The van der Waals surface area contributed by atoms with Gasteiger partial charge in [0.25, 0.3) is 10.0 Å². The number of benzene rings is 2. The Balaban J connectivity index is 1.08. The van der Waals surface area contributed by atoms with E-state index >= 15 is 0 Å². The van der Waals surface area contributed by atoms with E-state index in [1.807, 2.05) is 18.2 Å². The molecule has 1 atom stereocenters. The summed E-state index contributed by atoms with van der Waals surface area (Å²) in [5, 5.41) is 13.5. The van der Waals surface area contributed by atoms with Gasteiger partial charge in [-0.25, -0.2) is 13.4 Å². The average Bonchev–Trinajstić information content (AvgIpc) is 3.69. The number of oxazole rings is 1. The molecule has 1 aliphatic rings. The van der Waals surface area contributed by atoms with E-state index in [0.29, 0.717) is 18.8 Å². The summed E-state index contributed by atoms with van der Waals surface area (Å²) in [6.45, 7) is 1.11. The second kappa shape index (κ2) is 13.9. The van der Waals surface area contributed by atoms with Crippen molar-refractivity contribution < 1.29 is 17.9 Å². The number of hydrogen-bond acceptors (Lipinski definition) is 7. The first kappa shape index (κ1) is 29.0. The maximum Gasteiger partial charge on any atom is 0.261 e. The van der Waals surface area contributed by atoms with Crippen molar-refractivity contribution >= 4 is 15.7 Å². The van der Waals surface area contributed by atoms with Gasteiger partial charge in [-0.3, -0.25) is 9.71 Å². The number of aromatic nitrogens is 2. The summed E-state index contributed by atoms with van der Waals surface area (Å²) in [7, 11) is -3.74. The first-order chi connectivity index (χ1) is 20.0. The van der Waals surface area contributed by atoms with E-state index in [1.54, 1.807) is 61.1 Å². The van der Waals surface area contributed by atoms with Gasteiger partial charge < -0.3 is 14.8 Å². The molecule has 2 heterocycles. The molecule has 1 aliphatic carbocycles. The van der Waals surface area contributed by atoms with Gasteiger partial charge in [-0.1, -0.05) is 56.0 Å². The highest BCUT2D eigenvalue weighted by molar-refractivity contribution is 7.92. The number of aliphatic hydroxyl groups is 1. The molecule has 41 heavy (non-hydrogen) atoms. The van der Waals surface area contributed by atoms with E-state index < -0.39 is 16.1 Å². The summed E-state index contributed by atoms with van der Waals surface area (Å²) in [4.78, 5) is 8.82. The highest BCUT2D eigenvalue weighted by atomic mass is 32.2. The summed E-state index contributed by atoms with van der Waals surface area (Å²) in [6, 6.07) is 17.7. The third-order valence-electron chi connectivity index (χ3n) is 7.69. The van der Waals surface area contributed by atoms with E-state index in [2.05, 4.69) is 20.0 Å². The van der Waals surface area contributed by atoms with Crippen LogP contribution in [0.3, 0.4) is 0 Å². The van der Waals surface area contributed by atoms with E-state index in [9.17, 15) is 13.5 Å². The lowest BCUT2D eigenvalue weighted by atomic mass is 10.0. The molecule has 2 aromatic heterocycles. The monoisotopic (exact) mass is 574 g/mol. The quantitative estimate of drug-likeness (QED) is 0.160. The molecule has 1 saturated carbocycles. The van der Waals surface area contributed by atoms with Gasteiger partial charge in [0.1, 0.15) is 12.0 Å². The van der Waals surface area contributed by atoms with Crippen molar-refractivity contribution in [3.8, 4) is 11.3 Å². The Labute approximate surface area is 242 Å². The topological polar surface area (TPSA) is 117 Å². The van der Waals surface area contributed by atoms with E-state index in [1.165, 1.54) is 32.1 Å². The molecule has 0 radical (unpaired) electrons. The Bertz CT molecular complexity index is 1470. The fourth-order valence-corrected chi connectivity index (χ4v) is 6.38. The van der Waals surface area contributed by atoms with Crippen LogP contribution in [0.15, 0.2) is 88.6 Å². The molecule has 0 saturated heterocycles. The van der Waals surface area contributed by atoms with Gasteiger partial charge in [0, 0.05) is 42.2 Å². The average molecular weight is 575 g/mol. The van der Waals surface area contributed by atoms with Crippen molar-refractivity contribution in [1.29, 1.82) is 0 Å². The lowest BCUT2D eigenvalue weighted by molar-refractivity contribution is 0.174. The van der Waals surface area contributed by atoms with E-state index in [-0.39, 0.29) is 4.90 Å². The van der Waals surface area contributed by atoms with Gasteiger partial charge in [0.15, 0.2) is 5.89 Å². The number of aryl methyl sites for hydroxylation is 1. The zero-order valence-electron chi connectivity index (χ0n) is 23.2. The van der Waals surface area contributed by atoms with Crippen LogP contribution in [0.4, 0.5) is 5.69 Å². The molecule has 0 spiro atoms. The molecule has 3 N–H and O–H groups in total. The lowest BCUT2D eigenvalue weighted by Crippen LogP contribution is -2.23. The largest absolute Gasteiger partial charge is 0.448 e. The van der Waals surface area contributed by atoms with Crippen molar-refractivity contribution in [3.63, 3.8) is 0 Å². The molecule has 216 valence electrons. The minimum atomic E-state index is -3.74. The van der Waals surface area contributed by atoms with Crippen LogP contribution in [0.1, 0.15) is 61.6 Å². The van der Waals surface area contributed by atoms with Gasteiger partial charge in [0.05, 0.1) is 11.0 Å². The zero-order chi connectivity index (χ0) is 28.5. The van der Waals surface area contributed by atoms with Crippen LogP contribution in [0.25, 0.3) is 11.3 Å². The summed E-state index contributed by atoms with van der Waals surface area (Å²) in [6.07, 6.45) is 13.7. The molecule has 0 amide bonds. The number of pyridine rings is 1. The maximum absolute atomic E-state index is 13.0. The number of anilines is 1. The molecule has 1 fully saturated rings. The van der Waals surface area contributed by atoms with Crippen LogP contribution in [0.5, 0.6) is 0 Å². The minimum Gasteiger partial charge on any atom is -0.448 e. The van der Waals surface area contributed by atoms with Gasteiger partial charge in [-0.05, 0) is 67.6 Å². The van der Waals surface area contributed by atoms with Crippen molar-refractivity contribution in [1.82, 2.24) is 15.3 Å². The second-order valence-electron chi connectivity index (χ2n) is 10.8. The number of aliphatic hydroxyl groups excluding tert-OH is 1. The van der Waals surface area contributed by atoms with Crippen LogP contribution in [-0.2, 0) is 22.9 Å². The molecule has 4 aromatic rings. The summed E-state index contributed by atoms with van der Waals surface area (Å²) in [5.41, 5.74) is 3.87. The highest BCUT2D eigenvalue weighted by Gasteiger charge is 2.17. The fourth-order valence-electron chi connectivity index (χ4n) is 5.32. The standard InChI is InChI=1S/C32H38N4O4S/c37-31(27-8-4-19-33-21-27)22-34-20-18-25-10-14-28(15-11-25)36-41(38,39)29-16-12-26(13-17-29)30-23-40-32(35-30)9-3-7-24-5-1-2-6-24/h4,8,10-17,19,21,23-24,31,34,36-37H,1-3,5-7,9,18,20,22H2. The summed E-state index contributed by atoms with van der Waals surface area (Å²) in [5.74, 6) is 1.59. The Morgan fingerprint density at radius 2 is 1.78 bits per heavy atom. The Morgan fingerprint density at radius 3 is 2.51 bits per heavy atom. The first-order valence-corrected chi connectivity index (χ1v) is 15.9. The van der Waals surface area contributed by atoms with Crippen molar-refractivity contribution in [2.24, 2.45) is 5.92 Å². The van der Waals surface area contributed by atoms with Gasteiger partial charge in [-0.15, -0.1) is 0 Å². The lowest BCUT2D eigenvalue weighted by Gasteiger charge is -2.12. The van der Waals surface area contributed by atoms with Crippen LogP contribution in [0.2, 0.25) is 0 Å². The molecule has 9 heteroatoms. The Hall–Kier alpha value is -3.53. The Morgan fingerprint density at radius 1 is 1.00 bits per heavy atom. The van der Waals surface area contributed by atoms with Crippen molar-refractivity contribution in [2.75, 3.05) is 17.8 Å². The van der Waals surface area contributed by atoms with E-state index in [4.69, 9.17) is 4.42 Å². The summed E-state index contributed by atoms with van der Waals surface area (Å²) >= 11 is 0. The third-order valence-corrected chi connectivity index (χ3v) is 9.09.